The molecule has 4 rings (SSSR count). The maximum atomic E-state index is 14.7. The Kier molecular flexibility index (Phi) is 6.51. The zero-order valence-corrected chi connectivity index (χ0v) is 18.8. The average molecular weight is 508 g/mol. The molecule has 3 aromatic carbocycles. The van der Waals surface area contributed by atoms with Gasteiger partial charge in [0.1, 0.15) is 5.82 Å². The summed E-state index contributed by atoms with van der Waals surface area (Å²) >= 11 is 11.7. The van der Waals surface area contributed by atoms with Gasteiger partial charge in [0, 0.05) is 15.6 Å². The van der Waals surface area contributed by atoms with Crippen molar-refractivity contribution in [2.75, 3.05) is 0 Å². The van der Waals surface area contributed by atoms with E-state index in [1.165, 1.54) is 42.5 Å². The van der Waals surface area contributed by atoms with Gasteiger partial charge in [0.2, 0.25) is 0 Å². The first-order valence-corrected chi connectivity index (χ1v) is 10.7. The van der Waals surface area contributed by atoms with E-state index in [1.807, 2.05) is 0 Å². The number of carbonyl (C=O) groups is 2. The molecule has 1 aliphatic heterocycles. The monoisotopic (exact) mass is 507 g/mol. The molecule has 0 saturated heterocycles. The quantitative estimate of drug-likeness (QED) is 0.268. The summed E-state index contributed by atoms with van der Waals surface area (Å²) in [6, 6.07) is 13.7. The Labute approximate surface area is 202 Å². The molecule has 0 bridgehead atoms. The van der Waals surface area contributed by atoms with Crippen molar-refractivity contribution >= 4 is 41.1 Å². The predicted molar refractivity (Wildman–Crippen MR) is 121 cm³/mol. The first-order valence-electron chi connectivity index (χ1n) is 9.99. The molecular formula is C25H15Cl2F4NO2. The number of halogens is 6. The van der Waals surface area contributed by atoms with E-state index in [0.29, 0.717) is 0 Å². The first-order chi connectivity index (χ1) is 16.0. The number of benzene rings is 3. The zero-order chi connectivity index (χ0) is 24.6. The van der Waals surface area contributed by atoms with Crippen molar-refractivity contribution in [2.24, 2.45) is 0 Å². The Bertz CT molecular complexity index is 1270. The second-order valence-corrected chi connectivity index (χ2v) is 8.55. The fraction of sp³-hybridized carbons (Fsp3) is 0.120. The van der Waals surface area contributed by atoms with E-state index in [0.717, 1.165) is 23.1 Å². The van der Waals surface area contributed by atoms with E-state index < -0.39 is 29.7 Å². The summed E-state index contributed by atoms with van der Waals surface area (Å²) in [5.41, 5.74) is 0.564. The van der Waals surface area contributed by atoms with Gasteiger partial charge < -0.3 is 0 Å². The maximum absolute atomic E-state index is 14.7. The Morgan fingerprint density at radius 3 is 2.00 bits per heavy atom. The average Bonchev–Trinajstić information content (AvgIpc) is 2.99. The summed E-state index contributed by atoms with van der Waals surface area (Å²) in [4.78, 5) is 25.9. The van der Waals surface area contributed by atoms with Crippen LogP contribution >= 0.6 is 23.2 Å². The van der Waals surface area contributed by atoms with E-state index in [9.17, 15) is 27.2 Å². The summed E-state index contributed by atoms with van der Waals surface area (Å²) in [7, 11) is 0. The van der Waals surface area contributed by atoms with Gasteiger partial charge >= 0.3 is 6.18 Å². The van der Waals surface area contributed by atoms with Crippen LogP contribution in [0.15, 0.2) is 66.7 Å². The Morgan fingerprint density at radius 1 is 0.882 bits per heavy atom. The van der Waals surface area contributed by atoms with Crippen LogP contribution in [0.25, 0.3) is 6.08 Å². The number of nitrogens with zero attached hydrogens (tertiary/aromatic N) is 1. The first kappa shape index (κ1) is 24.0. The molecule has 0 N–H and O–H groups in total. The van der Waals surface area contributed by atoms with Crippen molar-refractivity contribution in [2.45, 2.75) is 18.6 Å². The van der Waals surface area contributed by atoms with Crippen LogP contribution in [-0.4, -0.2) is 22.9 Å². The van der Waals surface area contributed by atoms with E-state index in [2.05, 4.69) is 0 Å². The Balaban J connectivity index is 1.56. The molecule has 0 aromatic heterocycles. The molecule has 1 heterocycles. The van der Waals surface area contributed by atoms with Crippen molar-refractivity contribution in [3.63, 3.8) is 0 Å². The fourth-order valence-electron chi connectivity index (χ4n) is 3.72. The van der Waals surface area contributed by atoms with Gasteiger partial charge in [0.05, 0.1) is 23.6 Å². The molecule has 3 aromatic rings. The smallest absolute Gasteiger partial charge is 0.270 e. The minimum absolute atomic E-state index is 0.0562. The highest BCUT2D eigenvalue weighted by Gasteiger charge is 2.39. The molecule has 9 heteroatoms. The highest BCUT2D eigenvalue weighted by molar-refractivity contribution is 6.34. The normalized spacial score (nSPS) is 14.7. The summed E-state index contributed by atoms with van der Waals surface area (Å²) in [5.74, 6) is -3.83. The molecule has 1 aliphatic rings. The molecule has 0 spiro atoms. The lowest BCUT2D eigenvalue weighted by atomic mass is 9.97. The van der Waals surface area contributed by atoms with E-state index in [1.54, 1.807) is 12.1 Å². The second-order valence-electron chi connectivity index (χ2n) is 7.67. The van der Waals surface area contributed by atoms with Crippen LogP contribution in [0.3, 0.4) is 0 Å². The summed E-state index contributed by atoms with van der Waals surface area (Å²) in [5, 5.41) is 0.127. The molecule has 174 valence electrons. The van der Waals surface area contributed by atoms with Crippen LogP contribution in [0.4, 0.5) is 17.6 Å². The predicted octanol–water partition coefficient (Wildman–Crippen LogP) is 7.29. The van der Waals surface area contributed by atoms with Gasteiger partial charge in [0.15, 0.2) is 0 Å². The lowest BCUT2D eigenvalue weighted by molar-refractivity contribution is -0.139. The van der Waals surface area contributed by atoms with E-state index >= 15 is 0 Å². The molecule has 3 nitrogen and oxygen atoms in total. The second kappa shape index (κ2) is 9.24. The van der Waals surface area contributed by atoms with Gasteiger partial charge in [0.25, 0.3) is 11.8 Å². The molecule has 0 fully saturated rings. The van der Waals surface area contributed by atoms with Crippen LogP contribution < -0.4 is 0 Å². The summed E-state index contributed by atoms with van der Waals surface area (Å²) in [6.45, 7) is -0.297. The molecular weight excluding hydrogens is 493 g/mol. The number of allylic oxidation sites excluding steroid dienone is 1. The van der Waals surface area contributed by atoms with Gasteiger partial charge in [-0.3, -0.25) is 14.5 Å². The van der Waals surface area contributed by atoms with Crippen molar-refractivity contribution in [1.29, 1.82) is 0 Å². The Morgan fingerprint density at radius 2 is 1.47 bits per heavy atom. The van der Waals surface area contributed by atoms with E-state index in [4.69, 9.17) is 23.2 Å². The van der Waals surface area contributed by atoms with Gasteiger partial charge in [-0.1, -0.05) is 59.6 Å². The number of fused-ring (bicyclic) bond motifs is 1. The Hall–Kier alpha value is -3.16. The number of imide groups is 1. The number of hydrogen-bond donors (Lipinski definition) is 0. The SMILES string of the molecule is O=C1c2ccccc2C(=O)N1Cc1ccc(C=CC(c2cc(Cl)cc(Cl)c2)C(F)(F)F)cc1F. The third-order valence-corrected chi connectivity index (χ3v) is 5.80. The van der Waals surface area contributed by atoms with Gasteiger partial charge in [-0.25, -0.2) is 4.39 Å². The lowest BCUT2D eigenvalue weighted by Crippen LogP contribution is -2.29. The summed E-state index contributed by atoms with van der Waals surface area (Å²) < 4.78 is 55.7. The highest BCUT2D eigenvalue weighted by atomic mass is 35.5. The van der Waals surface area contributed by atoms with Crippen LogP contribution in [-0.2, 0) is 6.54 Å². The maximum Gasteiger partial charge on any atom is 0.399 e. The summed E-state index contributed by atoms with van der Waals surface area (Å²) in [6.07, 6.45) is -2.60. The minimum atomic E-state index is -4.63. The van der Waals surface area contributed by atoms with Gasteiger partial charge in [-0.15, -0.1) is 0 Å². The highest BCUT2D eigenvalue weighted by Crippen LogP contribution is 2.38. The standard InChI is InChI=1S/C25H15Cl2F4NO2/c26-17-10-16(11-18(27)12-17)21(25(29,30)31)8-6-14-5-7-15(22(28)9-14)13-32-23(33)19-3-1-2-4-20(19)24(32)34/h1-12,21H,13H2. The molecule has 1 unspecified atom stereocenters. The fourth-order valence-corrected chi connectivity index (χ4v) is 4.26. The number of amides is 2. The minimum Gasteiger partial charge on any atom is -0.270 e. The lowest BCUT2D eigenvalue weighted by Gasteiger charge is -2.18. The zero-order valence-electron chi connectivity index (χ0n) is 17.2. The van der Waals surface area contributed by atoms with Crippen LogP contribution in [0.5, 0.6) is 0 Å². The molecule has 0 saturated carbocycles. The molecule has 0 radical (unpaired) electrons. The molecule has 0 aliphatic carbocycles. The van der Waals surface area contributed by atoms with Crippen LogP contribution in [0.1, 0.15) is 43.3 Å². The number of alkyl halides is 3. The topological polar surface area (TPSA) is 37.4 Å². The largest absolute Gasteiger partial charge is 0.399 e. The van der Waals surface area contributed by atoms with Gasteiger partial charge in [-0.05, 0) is 47.5 Å². The number of hydrogen-bond acceptors (Lipinski definition) is 2. The number of carbonyl (C=O) groups excluding carboxylic acids is 2. The van der Waals surface area contributed by atoms with Crippen LogP contribution in [0, 0.1) is 5.82 Å². The van der Waals surface area contributed by atoms with Crippen molar-refractivity contribution in [1.82, 2.24) is 4.90 Å². The third-order valence-electron chi connectivity index (χ3n) is 5.36. The molecule has 34 heavy (non-hydrogen) atoms. The van der Waals surface area contributed by atoms with Gasteiger partial charge in [-0.2, -0.15) is 13.2 Å². The number of rotatable bonds is 5. The molecule has 2 amide bonds. The van der Waals surface area contributed by atoms with Crippen molar-refractivity contribution in [3.8, 4) is 0 Å². The van der Waals surface area contributed by atoms with Crippen molar-refractivity contribution in [3.05, 3.63) is 110 Å². The van der Waals surface area contributed by atoms with Crippen LogP contribution in [0.2, 0.25) is 10.0 Å². The molecule has 1 atom stereocenters. The van der Waals surface area contributed by atoms with E-state index in [-0.39, 0.29) is 44.4 Å². The third kappa shape index (κ3) is 4.86. The van der Waals surface area contributed by atoms with Crippen molar-refractivity contribution < 1.29 is 27.2 Å².